The normalized spacial score (nSPS) is 17.0. The fourth-order valence-electron chi connectivity index (χ4n) is 1.55. The van der Waals surface area contributed by atoms with E-state index in [4.69, 9.17) is 17.3 Å². The van der Waals surface area contributed by atoms with E-state index >= 15 is 0 Å². The zero-order valence-electron chi connectivity index (χ0n) is 7.91. The zero-order chi connectivity index (χ0) is 10.3. The van der Waals surface area contributed by atoms with Gasteiger partial charge < -0.3 is 10.8 Å². The second-order valence-electron chi connectivity index (χ2n) is 3.69. The van der Waals surface area contributed by atoms with Crippen molar-refractivity contribution in [2.75, 3.05) is 0 Å². The number of hydrogen-bond donors (Lipinski definition) is 2. The molecule has 2 nitrogen and oxygen atoms in total. The Kier molecular flexibility index (Phi) is 4.29. The van der Waals surface area contributed by atoms with Crippen molar-refractivity contribution >= 4 is 39.9 Å². The molecule has 1 saturated carbocycles. The highest BCUT2D eigenvalue weighted by molar-refractivity contribution is 9.10. The predicted molar refractivity (Wildman–Crippen MR) is 67.7 cm³/mol. The van der Waals surface area contributed by atoms with Gasteiger partial charge in [0.25, 0.3) is 0 Å². The van der Waals surface area contributed by atoms with Gasteiger partial charge in [0.15, 0.2) is 0 Å². The highest BCUT2D eigenvalue weighted by Crippen LogP contribution is 2.44. The van der Waals surface area contributed by atoms with Crippen LogP contribution in [-0.2, 0) is 0 Å². The standard InChI is InChI=1S/C10H11BrClNO.ClH/c11-8-4-6(12)3-7(10(8)14)9(13)5-1-2-5;/h3-5,9,14H,1-2,13H2;1H/t9-;/m1./s1. The first-order valence-electron chi connectivity index (χ1n) is 4.53. The van der Waals surface area contributed by atoms with Gasteiger partial charge in [0.1, 0.15) is 5.75 Å². The van der Waals surface area contributed by atoms with Crippen LogP contribution in [0.25, 0.3) is 0 Å². The third-order valence-electron chi connectivity index (χ3n) is 2.55. The highest BCUT2D eigenvalue weighted by atomic mass is 79.9. The van der Waals surface area contributed by atoms with E-state index in [1.807, 2.05) is 0 Å². The number of phenols is 1. The van der Waals surface area contributed by atoms with E-state index in [0.717, 1.165) is 18.4 Å². The Bertz CT molecular complexity index is 369. The molecule has 5 heteroatoms. The van der Waals surface area contributed by atoms with Crippen molar-refractivity contribution < 1.29 is 5.11 Å². The average molecular weight is 313 g/mol. The molecule has 0 saturated heterocycles. The summed E-state index contributed by atoms with van der Waals surface area (Å²) in [5.74, 6) is 0.722. The molecule has 1 aromatic carbocycles. The molecule has 0 radical (unpaired) electrons. The Morgan fingerprint density at radius 3 is 2.60 bits per heavy atom. The summed E-state index contributed by atoms with van der Waals surface area (Å²) >= 11 is 9.14. The fraction of sp³-hybridized carbons (Fsp3) is 0.400. The number of nitrogens with two attached hydrogens (primary N) is 1. The van der Waals surface area contributed by atoms with Crippen molar-refractivity contribution in [1.82, 2.24) is 0 Å². The number of benzene rings is 1. The summed E-state index contributed by atoms with van der Waals surface area (Å²) in [4.78, 5) is 0. The predicted octanol–water partition coefficient (Wildman–Crippen LogP) is 3.64. The lowest BCUT2D eigenvalue weighted by Crippen LogP contribution is -2.12. The molecule has 0 unspecified atom stereocenters. The summed E-state index contributed by atoms with van der Waals surface area (Å²) in [6.07, 6.45) is 2.29. The molecule has 0 heterocycles. The smallest absolute Gasteiger partial charge is 0.134 e. The Balaban J connectivity index is 0.00000112. The Morgan fingerprint density at radius 2 is 2.07 bits per heavy atom. The molecular weight excluding hydrogens is 301 g/mol. The Hall–Kier alpha value is 0.0400. The molecule has 1 aliphatic rings. The second kappa shape index (κ2) is 4.91. The van der Waals surface area contributed by atoms with E-state index in [1.54, 1.807) is 12.1 Å². The molecule has 1 atom stereocenters. The first kappa shape index (κ1) is 13.1. The average Bonchev–Trinajstić information content (AvgIpc) is 2.93. The maximum Gasteiger partial charge on any atom is 0.134 e. The summed E-state index contributed by atoms with van der Waals surface area (Å²) in [6, 6.07) is 3.31. The molecule has 15 heavy (non-hydrogen) atoms. The summed E-state index contributed by atoms with van der Waals surface area (Å²) in [7, 11) is 0. The van der Waals surface area contributed by atoms with Gasteiger partial charge in [0, 0.05) is 16.6 Å². The molecule has 0 bridgehead atoms. The number of aromatic hydroxyl groups is 1. The second-order valence-corrected chi connectivity index (χ2v) is 4.98. The van der Waals surface area contributed by atoms with Crippen molar-refractivity contribution in [2.45, 2.75) is 18.9 Å². The molecule has 1 fully saturated rings. The van der Waals surface area contributed by atoms with Crippen molar-refractivity contribution in [1.29, 1.82) is 0 Å². The van der Waals surface area contributed by atoms with Gasteiger partial charge in [-0.15, -0.1) is 12.4 Å². The van der Waals surface area contributed by atoms with Crippen LogP contribution in [0.5, 0.6) is 5.75 Å². The van der Waals surface area contributed by atoms with Crippen LogP contribution in [0.15, 0.2) is 16.6 Å². The van der Waals surface area contributed by atoms with E-state index in [1.165, 1.54) is 0 Å². The number of hydrogen-bond acceptors (Lipinski definition) is 2. The lowest BCUT2D eigenvalue weighted by atomic mass is 10.0. The van der Waals surface area contributed by atoms with E-state index in [0.29, 0.717) is 15.4 Å². The van der Waals surface area contributed by atoms with Gasteiger partial charge in [0.2, 0.25) is 0 Å². The third kappa shape index (κ3) is 2.78. The van der Waals surface area contributed by atoms with Crippen LogP contribution >= 0.6 is 39.9 Å². The molecule has 1 aromatic rings. The number of phenolic OH excluding ortho intramolecular Hbond substituents is 1. The lowest BCUT2D eigenvalue weighted by Gasteiger charge is -2.14. The summed E-state index contributed by atoms with van der Waals surface area (Å²) in [5, 5.41) is 10.4. The molecule has 0 spiro atoms. The van der Waals surface area contributed by atoms with Crippen LogP contribution in [-0.4, -0.2) is 5.11 Å². The molecule has 0 aromatic heterocycles. The maximum atomic E-state index is 9.78. The minimum Gasteiger partial charge on any atom is -0.506 e. The molecule has 1 aliphatic carbocycles. The van der Waals surface area contributed by atoms with Crippen LogP contribution in [0.3, 0.4) is 0 Å². The van der Waals surface area contributed by atoms with Crippen LogP contribution in [0.1, 0.15) is 24.4 Å². The van der Waals surface area contributed by atoms with Crippen LogP contribution in [0, 0.1) is 5.92 Å². The van der Waals surface area contributed by atoms with Gasteiger partial charge in [-0.3, -0.25) is 0 Å². The zero-order valence-corrected chi connectivity index (χ0v) is 11.1. The van der Waals surface area contributed by atoms with Crippen molar-refractivity contribution in [3.63, 3.8) is 0 Å². The van der Waals surface area contributed by atoms with E-state index in [-0.39, 0.29) is 24.2 Å². The SMILES string of the molecule is Cl.N[C@@H](c1cc(Cl)cc(Br)c1O)C1CC1. The van der Waals surface area contributed by atoms with Gasteiger partial charge in [-0.05, 0) is 46.8 Å². The minimum atomic E-state index is -0.0926. The summed E-state index contributed by atoms with van der Waals surface area (Å²) < 4.78 is 0.608. The van der Waals surface area contributed by atoms with Crippen molar-refractivity contribution in [3.8, 4) is 5.75 Å². The summed E-state index contributed by atoms with van der Waals surface area (Å²) in [6.45, 7) is 0. The molecule has 3 N–H and O–H groups in total. The molecular formula is C10H12BrCl2NO. The van der Waals surface area contributed by atoms with Gasteiger partial charge in [-0.2, -0.15) is 0 Å². The molecule has 0 aliphatic heterocycles. The van der Waals surface area contributed by atoms with Gasteiger partial charge in [-0.25, -0.2) is 0 Å². The van der Waals surface area contributed by atoms with Crippen LogP contribution in [0.2, 0.25) is 5.02 Å². The van der Waals surface area contributed by atoms with Crippen LogP contribution in [0.4, 0.5) is 0 Å². The maximum absolute atomic E-state index is 9.78. The lowest BCUT2D eigenvalue weighted by molar-refractivity contribution is 0.453. The van der Waals surface area contributed by atoms with Crippen LogP contribution < -0.4 is 5.73 Å². The van der Waals surface area contributed by atoms with Crippen molar-refractivity contribution in [3.05, 3.63) is 27.2 Å². The van der Waals surface area contributed by atoms with E-state index in [9.17, 15) is 5.11 Å². The Morgan fingerprint density at radius 1 is 1.47 bits per heavy atom. The van der Waals surface area contributed by atoms with E-state index in [2.05, 4.69) is 15.9 Å². The first-order valence-corrected chi connectivity index (χ1v) is 5.70. The van der Waals surface area contributed by atoms with Crippen molar-refractivity contribution in [2.24, 2.45) is 11.7 Å². The molecule has 84 valence electrons. The van der Waals surface area contributed by atoms with Gasteiger partial charge >= 0.3 is 0 Å². The molecule has 0 amide bonds. The monoisotopic (exact) mass is 311 g/mol. The number of rotatable bonds is 2. The summed E-state index contributed by atoms with van der Waals surface area (Å²) in [5.41, 5.74) is 6.74. The number of halogens is 3. The Labute approximate surface area is 108 Å². The van der Waals surface area contributed by atoms with Gasteiger partial charge in [-0.1, -0.05) is 11.6 Å². The fourth-order valence-corrected chi connectivity index (χ4v) is 2.38. The topological polar surface area (TPSA) is 46.2 Å². The highest BCUT2D eigenvalue weighted by Gasteiger charge is 2.31. The van der Waals surface area contributed by atoms with E-state index < -0.39 is 0 Å². The minimum absolute atomic E-state index is 0. The molecule has 2 rings (SSSR count). The third-order valence-corrected chi connectivity index (χ3v) is 3.37. The van der Waals surface area contributed by atoms with Gasteiger partial charge in [0.05, 0.1) is 4.47 Å². The largest absolute Gasteiger partial charge is 0.506 e. The first-order chi connectivity index (χ1) is 6.59. The quantitative estimate of drug-likeness (QED) is 0.875.